The number of hydrogen-bond acceptors (Lipinski definition) is 7. The van der Waals surface area contributed by atoms with Gasteiger partial charge in [-0.1, -0.05) is 0 Å². The molecule has 0 spiro atoms. The largest absolute Gasteiger partial charge is 0.377 e. The van der Waals surface area contributed by atoms with Crippen LogP contribution in [0.1, 0.15) is 13.8 Å². The van der Waals surface area contributed by atoms with Crippen molar-refractivity contribution < 1.29 is 4.74 Å². The molecule has 102 valence electrons. The average molecular weight is 254 g/mol. The second kappa shape index (κ2) is 6.34. The zero-order chi connectivity index (χ0) is 13.7. The van der Waals surface area contributed by atoms with Crippen LogP contribution in [0.2, 0.25) is 0 Å². The van der Waals surface area contributed by atoms with Crippen LogP contribution in [0, 0.1) is 0 Å². The molecule has 7 nitrogen and oxygen atoms in total. The molecule has 0 aliphatic heterocycles. The van der Waals surface area contributed by atoms with Gasteiger partial charge in [-0.25, -0.2) is 0 Å². The van der Waals surface area contributed by atoms with Gasteiger partial charge in [0.15, 0.2) is 0 Å². The Morgan fingerprint density at radius 3 is 2.28 bits per heavy atom. The summed E-state index contributed by atoms with van der Waals surface area (Å²) in [4.78, 5) is 16.2. The quantitative estimate of drug-likeness (QED) is 0.786. The van der Waals surface area contributed by atoms with Crippen molar-refractivity contribution in [1.29, 1.82) is 0 Å². The summed E-state index contributed by atoms with van der Waals surface area (Å²) in [6.07, 6.45) is 0.221. The summed E-state index contributed by atoms with van der Waals surface area (Å²) >= 11 is 0. The molecule has 1 rings (SSSR count). The van der Waals surface area contributed by atoms with Crippen molar-refractivity contribution in [2.24, 2.45) is 0 Å². The van der Waals surface area contributed by atoms with Crippen LogP contribution in [0.15, 0.2) is 0 Å². The third-order valence-electron chi connectivity index (χ3n) is 2.25. The SMILES string of the molecule is CC(C)OCCN(C)c1nc(N)nc(N(C)C)n1. The molecule has 2 N–H and O–H groups in total. The van der Waals surface area contributed by atoms with Crippen LogP contribution >= 0.6 is 0 Å². The second-order valence-electron chi connectivity index (χ2n) is 4.53. The molecule has 0 saturated carbocycles. The van der Waals surface area contributed by atoms with E-state index in [1.165, 1.54) is 0 Å². The smallest absolute Gasteiger partial charge is 0.231 e. The van der Waals surface area contributed by atoms with Crippen LogP contribution < -0.4 is 15.5 Å². The average Bonchev–Trinajstić information content (AvgIpc) is 2.27. The van der Waals surface area contributed by atoms with Crippen molar-refractivity contribution in [2.45, 2.75) is 20.0 Å². The molecule has 0 saturated heterocycles. The lowest BCUT2D eigenvalue weighted by molar-refractivity contribution is 0.0844. The fourth-order valence-electron chi connectivity index (χ4n) is 1.27. The number of nitrogens with two attached hydrogens (primary N) is 1. The monoisotopic (exact) mass is 254 g/mol. The van der Waals surface area contributed by atoms with Crippen molar-refractivity contribution in [3.63, 3.8) is 0 Å². The molecule has 7 heteroatoms. The van der Waals surface area contributed by atoms with E-state index in [2.05, 4.69) is 15.0 Å². The number of nitrogens with zero attached hydrogens (tertiary/aromatic N) is 5. The lowest BCUT2D eigenvalue weighted by Gasteiger charge is -2.19. The molecule has 18 heavy (non-hydrogen) atoms. The zero-order valence-electron chi connectivity index (χ0n) is 11.7. The van der Waals surface area contributed by atoms with E-state index >= 15 is 0 Å². The molecule has 0 amide bonds. The van der Waals surface area contributed by atoms with Crippen LogP contribution in [-0.4, -0.2) is 55.4 Å². The van der Waals surface area contributed by atoms with Gasteiger partial charge >= 0.3 is 0 Å². The number of hydrogen-bond donors (Lipinski definition) is 1. The van der Waals surface area contributed by atoms with Crippen LogP contribution in [0.25, 0.3) is 0 Å². The van der Waals surface area contributed by atoms with Gasteiger partial charge in [0.1, 0.15) is 0 Å². The Labute approximate surface area is 108 Å². The van der Waals surface area contributed by atoms with Gasteiger partial charge in [-0.3, -0.25) is 0 Å². The Bertz CT molecular complexity index is 382. The standard InChI is InChI=1S/C11H22N6O/c1-8(2)18-7-6-17(5)11-14-9(12)13-10(15-11)16(3)4/h8H,6-7H2,1-5H3,(H2,12,13,14,15). The number of aromatic nitrogens is 3. The lowest BCUT2D eigenvalue weighted by atomic mass is 10.5. The maximum atomic E-state index is 5.67. The molecule has 0 aliphatic rings. The molecular weight excluding hydrogens is 232 g/mol. The Morgan fingerprint density at radius 1 is 1.11 bits per heavy atom. The predicted molar refractivity (Wildman–Crippen MR) is 72.9 cm³/mol. The summed E-state index contributed by atoms with van der Waals surface area (Å²) in [6.45, 7) is 5.34. The fourth-order valence-corrected chi connectivity index (χ4v) is 1.27. The van der Waals surface area contributed by atoms with Crippen molar-refractivity contribution in [3.05, 3.63) is 0 Å². The first-order chi connectivity index (χ1) is 8.40. The number of ether oxygens (including phenoxy) is 1. The third kappa shape index (κ3) is 4.33. The Hall–Kier alpha value is -1.63. The number of rotatable bonds is 6. The zero-order valence-corrected chi connectivity index (χ0v) is 11.7. The van der Waals surface area contributed by atoms with Gasteiger partial charge in [0, 0.05) is 27.7 Å². The lowest BCUT2D eigenvalue weighted by Crippen LogP contribution is -2.27. The highest BCUT2D eigenvalue weighted by molar-refractivity contribution is 5.42. The Kier molecular flexibility index (Phi) is 5.08. The van der Waals surface area contributed by atoms with E-state index in [0.29, 0.717) is 25.0 Å². The predicted octanol–water partition coefficient (Wildman–Crippen LogP) is 0.381. The number of nitrogen functional groups attached to an aromatic ring is 1. The van der Waals surface area contributed by atoms with E-state index in [0.717, 1.165) is 0 Å². The molecule has 0 aliphatic carbocycles. The van der Waals surface area contributed by atoms with Crippen LogP contribution in [0.5, 0.6) is 0 Å². The number of likely N-dealkylation sites (N-methyl/N-ethyl adjacent to an activating group) is 1. The fraction of sp³-hybridized carbons (Fsp3) is 0.727. The van der Waals surface area contributed by atoms with Crippen LogP contribution in [0.3, 0.4) is 0 Å². The molecule has 0 fully saturated rings. The Morgan fingerprint density at radius 2 is 1.72 bits per heavy atom. The van der Waals surface area contributed by atoms with Crippen LogP contribution in [0.4, 0.5) is 17.8 Å². The topological polar surface area (TPSA) is 80.4 Å². The van der Waals surface area contributed by atoms with E-state index in [9.17, 15) is 0 Å². The van der Waals surface area contributed by atoms with Crippen molar-refractivity contribution in [3.8, 4) is 0 Å². The van der Waals surface area contributed by atoms with Crippen LogP contribution in [-0.2, 0) is 4.74 Å². The normalized spacial score (nSPS) is 10.8. The second-order valence-corrected chi connectivity index (χ2v) is 4.53. The Balaban J connectivity index is 2.69. The van der Waals surface area contributed by atoms with Crippen molar-refractivity contribution in [2.75, 3.05) is 49.8 Å². The minimum Gasteiger partial charge on any atom is -0.377 e. The van der Waals surface area contributed by atoms with E-state index in [1.807, 2.05) is 39.9 Å². The molecule has 0 aromatic carbocycles. The van der Waals surface area contributed by atoms with Gasteiger partial charge in [0.05, 0.1) is 12.7 Å². The molecular formula is C11H22N6O. The summed E-state index contributed by atoms with van der Waals surface area (Å²) in [5.74, 6) is 1.33. The maximum absolute atomic E-state index is 5.67. The van der Waals surface area contributed by atoms with Gasteiger partial charge in [-0.2, -0.15) is 15.0 Å². The molecule has 0 unspecified atom stereocenters. The highest BCUT2D eigenvalue weighted by Crippen LogP contribution is 2.12. The van der Waals surface area contributed by atoms with E-state index < -0.39 is 0 Å². The minimum atomic E-state index is 0.221. The van der Waals surface area contributed by atoms with Gasteiger partial charge in [-0.15, -0.1) is 0 Å². The van der Waals surface area contributed by atoms with Gasteiger partial charge < -0.3 is 20.3 Å². The first kappa shape index (κ1) is 14.4. The van der Waals surface area contributed by atoms with Gasteiger partial charge in [-0.05, 0) is 13.8 Å². The molecule has 0 radical (unpaired) electrons. The first-order valence-electron chi connectivity index (χ1n) is 5.91. The van der Waals surface area contributed by atoms with Gasteiger partial charge in [0.2, 0.25) is 17.8 Å². The first-order valence-corrected chi connectivity index (χ1v) is 5.91. The summed E-state index contributed by atoms with van der Waals surface area (Å²) < 4.78 is 5.49. The molecule has 1 heterocycles. The summed E-state index contributed by atoms with van der Waals surface area (Å²) in [5.41, 5.74) is 5.67. The third-order valence-corrected chi connectivity index (χ3v) is 2.25. The van der Waals surface area contributed by atoms with E-state index in [1.54, 1.807) is 4.90 Å². The highest BCUT2D eigenvalue weighted by atomic mass is 16.5. The van der Waals surface area contributed by atoms with Gasteiger partial charge in [0.25, 0.3) is 0 Å². The molecule has 1 aromatic heterocycles. The summed E-state index contributed by atoms with van der Waals surface area (Å²) in [6, 6.07) is 0. The minimum absolute atomic E-state index is 0.221. The molecule has 0 atom stereocenters. The number of anilines is 3. The molecule has 1 aromatic rings. The maximum Gasteiger partial charge on any atom is 0.231 e. The highest BCUT2D eigenvalue weighted by Gasteiger charge is 2.10. The van der Waals surface area contributed by atoms with Crippen molar-refractivity contribution in [1.82, 2.24) is 15.0 Å². The summed E-state index contributed by atoms with van der Waals surface area (Å²) in [7, 11) is 5.62. The summed E-state index contributed by atoms with van der Waals surface area (Å²) in [5, 5.41) is 0. The molecule has 0 bridgehead atoms. The van der Waals surface area contributed by atoms with Crippen molar-refractivity contribution >= 4 is 17.8 Å². The van der Waals surface area contributed by atoms with E-state index in [-0.39, 0.29) is 12.1 Å². The van der Waals surface area contributed by atoms with E-state index in [4.69, 9.17) is 10.5 Å².